The van der Waals surface area contributed by atoms with Gasteiger partial charge in [0.15, 0.2) is 0 Å². The number of fused-ring (bicyclic) bond motifs is 2. The van der Waals surface area contributed by atoms with Crippen LogP contribution in [0.1, 0.15) is 23.2 Å². The molecule has 0 radical (unpaired) electrons. The number of amides is 3. The van der Waals surface area contributed by atoms with Crippen molar-refractivity contribution in [1.82, 2.24) is 15.2 Å². The Labute approximate surface area is 179 Å². The molecule has 8 heteroatoms. The standard InChI is InChI=1S/C23H24N4O4/c1-31-20-8-4-7-19-16(20)11-13-27(19)14-12-24-21(28)10-9-18-23(30)25-17-6-3-2-5-15(17)22(29)26-18/h2-8,11,13,18H,9-10,12,14H2,1H3,(H,24,28)(H,25,30)(H,26,29)/t18-/m1/s1. The van der Waals surface area contributed by atoms with Crippen LogP contribution in [0.3, 0.4) is 0 Å². The number of benzene rings is 2. The summed E-state index contributed by atoms with van der Waals surface area (Å²) in [7, 11) is 1.64. The van der Waals surface area contributed by atoms with Gasteiger partial charge >= 0.3 is 0 Å². The number of methoxy groups -OCH3 is 1. The van der Waals surface area contributed by atoms with Crippen LogP contribution >= 0.6 is 0 Å². The Morgan fingerprint density at radius 1 is 1.13 bits per heavy atom. The summed E-state index contributed by atoms with van der Waals surface area (Å²) in [6.07, 6.45) is 2.32. The van der Waals surface area contributed by atoms with Crippen molar-refractivity contribution in [2.24, 2.45) is 0 Å². The Bertz CT molecular complexity index is 1140. The molecule has 0 spiro atoms. The number of aromatic nitrogens is 1. The molecule has 0 saturated carbocycles. The summed E-state index contributed by atoms with van der Waals surface area (Å²) in [6, 6.07) is 13.9. The molecular weight excluding hydrogens is 396 g/mol. The number of nitrogens with zero attached hydrogens (tertiary/aromatic N) is 1. The minimum atomic E-state index is -0.758. The van der Waals surface area contributed by atoms with Crippen LogP contribution in [0.15, 0.2) is 54.7 Å². The first-order chi connectivity index (χ1) is 15.1. The van der Waals surface area contributed by atoms with Crippen LogP contribution in [0.4, 0.5) is 5.69 Å². The topological polar surface area (TPSA) is 101 Å². The van der Waals surface area contributed by atoms with E-state index < -0.39 is 6.04 Å². The van der Waals surface area contributed by atoms with E-state index in [4.69, 9.17) is 4.74 Å². The number of nitrogens with one attached hydrogen (secondary N) is 3. The molecule has 8 nitrogen and oxygen atoms in total. The molecule has 3 aromatic rings. The molecule has 3 amide bonds. The maximum atomic E-state index is 12.4. The van der Waals surface area contributed by atoms with Crippen molar-refractivity contribution in [2.45, 2.75) is 25.4 Å². The van der Waals surface area contributed by atoms with E-state index in [9.17, 15) is 14.4 Å². The van der Waals surface area contributed by atoms with E-state index in [1.54, 1.807) is 31.4 Å². The first kappa shape index (κ1) is 20.5. The average molecular weight is 420 g/mol. The highest BCUT2D eigenvalue weighted by molar-refractivity contribution is 6.09. The number of ether oxygens (including phenoxy) is 1. The molecular formula is C23H24N4O4. The summed E-state index contributed by atoms with van der Waals surface area (Å²) in [5.41, 5.74) is 1.93. The van der Waals surface area contributed by atoms with Crippen LogP contribution < -0.4 is 20.7 Å². The number of rotatable bonds is 7. The number of carbonyl (C=O) groups excluding carboxylic acids is 3. The Morgan fingerprint density at radius 3 is 2.81 bits per heavy atom. The fourth-order valence-electron chi connectivity index (χ4n) is 3.76. The number of hydrogen-bond donors (Lipinski definition) is 3. The number of para-hydroxylation sites is 1. The van der Waals surface area contributed by atoms with Crippen molar-refractivity contribution in [3.63, 3.8) is 0 Å². The minimum absolute atomic E-state index is 0.134. The highest BCUT2D eigenvalue weighted by atomic mass is 16.5. The third-order valence-electron chi connectivity index (χ3n) is 5.38. The average Bonchev–Trinajstić information content (AvgIpc) is 3.14. The lowest BCUT2D eigenvalue weighted by Crippen LogP contribution is -2.42. The van der Waals surface area contributed by atoms with E-state index >= 15 is 0 Å². The lowest BCUT2D eigenvalue weighted by atomic mass is 10.1. The number of carbonyl (C=O) groups is 3. The van der Waals surface area contributed by atoms with E-state index in [-0.39, 0.29) is 30.6 Å². The van der Waals surface area contributed by atoms with Crippen LogP contribution in [0.2, 0.25) is 0 Å². The zero-order chi connectivity index (χ0) is 21.8. The Kier molecular flexibility index (Phi) is 5.88. The Hall–Kier alpha value is -3.81. The third-order valence-corrected chi connectivity index (χ3v) is 5.38. The first-order valence-electron chi connectivity index (χ1n) is 10.2. The molecule has 1 atom stereocenters. The molecule has 0 unspecified atom stereocenters. The monoisotopic (exact) mass is 420 g/mol. The van der Waals surface area contributed by atoms with Crippen LogP contribution in [-0.2, 0) is 16.1 Å². The molecule has 2 aromatic carbocycles. The smallest absolute Gasteiger partial charge is 0.254 e. The summed E-state index contributed by atoms with van der Waals surface area (Å²) in [5, 5.41) is 9.35. The minimum Gasteiger partial charge on any atom is -0.496 e. The second-order valence-electron chi connectivity index (χ2n) is 7.35. The van der Waals surface area contributed by atoms with Crippen LogP contribution in [-0.4, -0.2) is 42.0 Å². The maximum absolute atomic E-state index is 12.4. The zero-order valence-corrected chi connectivity index (χ0v) is 17.2. The van der Waals surface area contributed by atoms with Gasteiger partial charge in [0, 0.05) is 31.1 Å². The molecule has 0 fully saturated rings. The highest BCUT2D eigenvalue weighted by Crippen LogP contribution is 2.26. The molecule has 4 rings (SSSR count). The Balaban J connectivity index is 1.28. The molecule has 31 heavy (non-hydrogen) atoms. The summed E-state index contributed by atoms with van der Waals surface area (Å²) in [4.78, 5) is 37.0. The molecule has 1 aromatic heterocycles. The number of hydrogen-bond acceptors (Lipinski definition) is 4. The van der Waals surface area contributed by atoms with Crippen molar-refractivity contribution in [3.8, 4) is 5.75 Å². The molecule has 2 heterocycles. The first-order valence-corrected chi connectivity index (χ1v) is 10.2. The van der Waals surface area contributed by atoms with Gasteiger partial charge in [-0.3, -0.25) is 14.4 Å². The zero-order valence-electron chi connectivity index (χ0n) is 17.2. The van der Waals surface area contributed by atoms with Crippen molar-refractivity contribution >= 4 is 34.3 Å². The predicted octanol–water partition coefficient (Wildman–Crippen LogP) is 2.30. The highest BCUT2D eigenvalue weighted by Gasteiger charge is 2.27. The molecule has 1 aliphatic heterocycles. The molecule has 3 N–H and O–H groups in total. The van der Waals surface area contributed by atoms with E-state index in [2.05, 4.69) is 16.0 Å². The predicted molar refractivity (Wildman–Crippen MR) is 117 cm³/mol. The van der Waals surface area contributed by atoms with Gasteiger partial charge < -0.3 is 25.3 Å². The lowest BCUT2D eigenvalue weighted by Gasteiger charge is -2.14. The van der Waals surface area contributed by atoms with Crippen molar-refractivity contribution in [3.05, 3.63) is 60.3 Å². The van der Waals surface area contributed by atoms with Crippen molar-refractivity contribution in [2.75, 3.05) is 19.0 Å². The molecule has 0 aliphatic carbocycles. The normalized spacial score (nSPS) is 15.6. The van der Waals surface area contributed by atoms with E-state index in [1.807, 2.05) is 35.0 Å². The van der Waals surface area contributed by atoms with E-state index in [0.717, 1.165) is 16.7 Å². The van der Waals surface area contributed by atoms with Gasteiger partial charge in [-0.2, -0.15) is 0 Å². The molecule has 0 bridgehead atoms. The molecule has 0 saturated heterocycles. The third kappa shape index (κ3) is 4.37. The number of anilines is 1. The van der Waals surface area contributed by atoms with Crippen LogP contribution in [0.5, 0.6) is 5.75 Å². The molecule has 1 aliphatic rings. The van der Waals surface area contributed by atoms with Crippen molar-refractivity contribution in [1.29, 1.82) is 0 Å². The van der Waals surface area contributed by atoms with Gasteiger partial charge in [0.05, 0.1) is 23.9 Å². The van der Waals surface area contributed by atoms with E-state index in [0.29, 0.717) is 24.3 Å². The second-order valence-corrected chi connectivity index (χ2v) is 7.35. The summed E-state index contributed by atoms with van der Waals surface area (Å²) in [6.45, 7) is 1.06. The second kappa shape index (κ2) is 8.91. The van der Waals surface area contributed by atoms with Gasteiger partial charge in [-0.05, 0) is 36.8 Å². The maximum Gasteiger partial charge on any atom is 0.254 e. The van der Waals surface area contributed by atoms with Gasteiger partial charge in [0.25, 0.3) is 5.91 Å². The molecule has 160 valence electrons. The van der Waals surface area contributed by atoms with Gasteiger partial charge in [-0.15, -0.1) is 0 Å². The Morgan fingerprint density at radius 2 is 1.97 bits per heavy atom. The SMILES string of the molecule is COc1cccc2c1ccn2CCNC(=O)CC[C@H]1NC(=O)c2ccccc2NC1=O. The largest absolute Gasteiger partial charge is 0.496 e. The fourth-order valence-corrected chi connectivity index (χ4v) is 3.76. The lowest BCUT2D eigenvalue weighted by molar-refractivity contribution is -0.121. The van der Waals surface area contributed by atoms with Gasteiger partial charge in [0.1, 0.15) is 11.8 Å². The van der Waals surface area contributed by atoms with Gasteiger partial charge in [-0.25, -0.2) is 0 Å². The van der Waals surface area contributed by atoms with E-state index in [1.165, 1.54) is 0 Å². The van der Waals surface area contributed by atoms with Crippen LogP contribution in [0.25, 0.3) is 10.9 Å². The van der Waals surface area contributed by atoms with Crippen molar-refractivity contribution < 1.29 is 19.1 Å². The van der Waals surface area contributed by atoms with Crippen LogP contribution in [0, 0.1) is 0 Å². The fraction of sp³-hybridized carbons (Fsp3) is 0.261. The summed E-state index contributed by atoms with van der Waals surface area (Å²) in [5.74, 6) is -0.00265. The van der Waals surface area contributed by atoms with Gasteiger partial charge in [-0.1, -0.05) is 18.2 Å². The quantitative estimate of drug-likeness (QED) is 0.546. The van der Waals surface area contributed by atoms with Gasteiger partial charge in [0.2, 0.25) is 11.8 Å². The summed E-state index contributed by atoms with van der Waals surface area (Å²) < 4.78 is 7.42. The summed E-state index contributed by atoms with van der Waals surface area (Å²) >= 11 is 0.